The molecule has 0 bridgehead atoms. The van der Waals surface area contributed by atoms with Crippen molar-refractivity contribution in [1.82, 2.24) is 4.98 Å². The van der Waals surface area contributed by atoms with Gasteiger partial charge in [-0.2, -0.15) is 11.8 Å². The molecule has 0 amide bonds. The van der Waals surface area contributed by atoms with Gasteiger partial charge in [-0.15, -0.1) is 0 Å². The van der Waals surface area contributed by atoms with Crippen LogP contribution in [-0.4, -0.2) is 29.9 Å². The van der Waals surface area contributed by atoms with Crippen LogP contribution in [0.15, 0.2) is 18.3 Å². The van der Waals surface area contributed by atoms with Crippen molar-refractivity contribution in [3.63, 3.8) is 0 Å². The summed E-state index contributed by atoms with van der Waals surface area (Å²) in [6.45, 7) is 0. The van der Waals surface area contributed by atoms with Gasteiger partial charge in [-0.1, -0.05) is 0 Å². The van der Waals surface area contributed by atoms with Crippen molar-refractivity contribution in [3.8, 4) is 5.75 Å². The number of carbonyl (C=O) groups excluding carboxylic acids is 1. The second kappa shape index (κ2) is 4.87. The first-order valence-corrected chi connectivity index (χ1v) is 5.20. The Bertz CT molecular complexity index is 301. The van der Waals surface area contributed by atoms with E-state index in [1.54, 1.807) is 18.3 Å². The van der Waals surface area contributed by atoms with Crippen molar-refractivity contribution >= 4 is 17.5 Å². The second-order valence-corrected chi connectivity index (χ2v) is 3.28. The standard InChI is InChI=1S/C9H11NO2S/c1-12-8-4-3-5-10-9(8)7(11)6-13-2/h3-5H,6H2,1-2H3. The molecule has 4 heteroatoms. The summed E-state index contributed by atoms with van der Waals surface area (Å²) in [7, 11) is 1.53. The van der Waals surface area contributed by atoms with Crippen LogP contribution >= 0.6 is 11.8 Å². The van der Waals surface area contributed by atoms with E-state index in [1.165, 1.54) is 18.9 Å². The molecule has 3 nitrogen and oxygen atoms in total. The number of methoxy groups -OCH3 is 1. The lowest BCUT2D eigenvalue weighted by Crippen LogP contribution is -2.06. The molecular formula is C9H11NO2S. The van der Waals surface area contributed by atoms with Crippen molar-refractivity contribution in [1.29, 1.82) is 0 Å². The van der Waals surface area contributed by atoms with Crippen molar-refractivity contribution in [3.05, 3.63) is 24.0 Å². The van der Waals surface area contributed by atoms with Crippen LogP contribution in [0.5, 0.6) is 5.75 Å². The number of hydrogen-bond acceptors (Lipinski definition) is 4. The molecule has 0 atom stereocenters. The number of Topliss-reactive ketones (excluding diaryl/α,β-unsaturated/α-hetero) is 1. The zero-order valence-corrected chi connectivity index (χ0v) is 8.43. The van der Waals surface area contributed by atoms with E-state index in [2.05, 4.69) is 4.98 Å². The number of ketones is 1. The van der Waals surface area contributed by atoms with Crippen LogP contribution in [-0.2, 0) is 0 Å². The fourth-order valence-electron chi connectivity index (χ4n) is 0.964. The maximum absolute atomic E-state index is 11.5. The van der Waals surface area contributed by atoms with Crippen LogP contribution in [0.3, 0.4) is 0 Å². The first-order chi connectivity index (χ1) is 6.29. The number of ether oxygens (including phenoxy) is 1. The number of pyridine rings is 1. The largest absolute Gasteiger partial charge is 0.494 e. The molecule has 13 heavy (non-hydrogen) atoms. The van der Waals surface area contributed by atoms with Crippen LogP contribution in [0.2, 0.25) is 0 Å². The summed E-state index contributed by atoms with van der Waals surface area (Å²) in [6, 6.07) is 3.48. The Kier molecular flexibility index (Phi) is 3.76. The van der Waals surface area contributed by atoms with Gasteiger partial charge >= 0.3 is 0 Å². The molecule has 0 aliphatic heterocycles. The number of hydrogen-bond donors (Lipinski definition) is 0. The zero-order chi connectivity index (χ0) is 9.68. The minimum Gasteiger partial charge on any atom is -0.494 e. The first kappa shape index (κ1) is 10.1. The number of thioether (sulfide) groups is 1. The van der Waals surface area contributed by atoms with Gasteiger partial charge in [-0.25, -0.2) is 4.98 Å². The normalized spacial score (nSPS) is 9.69. The molecule has 0 aliphatic carbocycles. The van der Waals surface area contributed by atoms with Crippen molar-refractivity contribution < 1.29 is 9.53 Å². The van der Waals surface area contributed by atoms with E-state index in [9.17, 15) is 4.79 Å². The lowest BCUT2D eigenvalue weighted by Gasteiger charge is -2.04. The molecule has 0 saturated heterocycles. The van der Waals surface area contributed by atoms with Gasteiger partial charge < -0.3 is 4.74 Å². The van der Waals surface area contributed by atoms with Gasteiger partial charge in [0, 0.05) is 6.20 Å². The third-order valence-electron chi connectivity index (χ3n) is 1.53. The smallest absolute Gasteiger partial charge is 0.194 e. The Hall–Kier alpha value is -1.03. The van der Waals surface area contributed by atoms with Crippen molar-refractivity contribution in [2.75, 3.05) is 19.1 Å². The lowest BCUT2D eigenvalue weighted by atomic mass is 10.2. The molecule has 0 fully saturated rings. The SMILES string of the molecule is COc1cccnc1C(=O)CSC. The summed E-state index contributed by atoms with van der Waals surface area (Å²) in [6.07, 6.45) is 3.48. The van der Waals surface area contributed by atoms with Gasteiger partial charge in [0.25, 0.3) is 0 Å². The van der Waals surface area contributed by atoms with Crippen molar-refractivity contribution in [2.24, 2.45) is 0 Å². The van der Waals surface area contributed by atoms with Gasteiger partial charge in [0.2, 0.25) is 0 Å². The lowest BCUT2D eigenvalue weighted by molar-refractivity contribution is 0.101. The molecular weight excluding hydrogens is 186 g/mol. The average molecular weight is 197 g/mol. The van der Waals surface area contributed by atoms with E-state index in [0.29, 0.717) is 17.2 Å². The average Bonchev–Trinajstić information content (AvgIpc) is 2.18. The van der Waals surface area contributed by atoms with Crippen LogP contribution in [0.25, 0.3) is 0 Å². The molecule has 1 heterocycles. The molecule has 1 aromatic rings. The van der Waals surface area contributed by atoms with Gasteiger partial charge in [0.05, 0.1) is 12.9 Å². The van der Waals surface area contributed by atoms with E-state index in [1.807, 2.05) is 6.26 Å². The minimum atomic E-state index is 0.00458. The second-order valence-electron chi connectivity index (χ2n) is 2.41. The highest BCUT2D eigenvalue weighted by Gasteiger charge is 2.11. The highest BCUT2D eigenvalue weighted by molar-refractivity contribution is 7.99. The maximum atomic E-state index is 11.5. The Morgan fingerprint density at radius 1 is 1.69 bits per heavy atom. The highest BCUT2D eigenvalue weighted by atomic mass is 32.2. The molecule has 70 valence electrons. The van der Waals surface area contributed by atoms with Crippen LogP contribution in [0.1, 0.15) is 10.5 Å². The molecule has 0 aliphatic rings. The summed E-state index contributed by atoms with van der Waals surface area (Å²) in [5.41, 5.74) is 0.416. The molecule has 0 saturated carbocycles. The third-order valence-corrected chi connectivity index (χ3v) is 2.08. The Morgan fingerprint density at radius 3 is 3.08 bits per heavy atom. The van der Waals surface area contributed by atoms with E-state index in [4.69, 9.17) is 4.74 Å². The minimum absolute atomic E-state index is 0.00458. The van der Waals surface area contributed by atoms with Gasteiger partial charge in [0.15, 0.2) is 5.78 Å². The van der Waals surface area contributed by atoms with E-state index >= 15 is 0 Å². The maximum Gasteiger partial charge on any atom is 0.194 e. The van der Waals surface area contributed by atoms with E-state index in [0.717, 1.165) is 0 Å². The highest BCUT2D eigenvalue weighted by Crippen LogP contribution is 2.16. The van der Waals surface area contributed by atoms with Crippen molar-refractivity contribution in [2.45, 2.75) is 0 Å². The molecule has 1 rings (SSSR count). The topological polar surface area (TPSA) is 39.2 Å². The molecule has 0 unspecified atom stereocenters. The molecule has 0 N–H and O–H groups in total. The summed E-state index contributed by atoms with van der Waals surface area (Å²) >= 11 is 1.48. The van der Waals surface area contributed by atoms with E-state index in [-0.39, 0.29) is 5.78 Å². The molecule has 0 radical (unpaired) electrons. The predicted molar refractivity (Wildman–Crippen MR) is 53.5 cm³/mol. The number of aromatic nitrogens is 1. The quantitative estimate of drug-likeness (QED) is 0.688. The Morgan fingerprint density at radius 2 is 2.46 bits per heavy atom. The van der Waals surface area contributed by atoms with Gasteiger partial charge in [0.1, 0.15) is 11.4 Å². The first-order valence-electron chi connectivity index (χ1n) is 3.80. The third kappa shape index (κ3) is 2.45. The fourth-order valence-corrected chi connectivity index (χ4v) is 1.36. The Balaban J connectivity index is 2.92. The molecule has 1 aromatic heterocycles. The number of rotatable bonds is 4. The van der Waals surface area contributed by atoms with Gasteiger partial charge in [-0.05, 0) is 18.4 Å². The monoisotopic (exact) mass is 197 g/mol. The molecule has 0 aromatic carbocycles. The number of carbonyl (C=O) groups is 1. The van der Waals surface area contributed by atoms with Crippen LogP contribution in [0, 0.1) is 0 Å². The summed E-state index contributed by atoms with van der Waals surface area (Å²) in [4.78, 5) is 15.4. The fraction of sp³-hybridized carbons (Fsp3) is 0.333. The van der Waals surface area contributed by atoms with Gasteiger partial charge in [-0.3, -0.25) is 4.79 Å². The number of nitrogens with zero attached hydrogens (tertiary/aromatic N) is 1. The Labute approximate surface area is 81.5 Å². The summed E-state index contributed by atoms with van der Waals surface area (Å²) < 4.78 is 5.02. The summed E-state index contributed by atoms with van der Waals surface area (Å²) in [5.74, 6) is 0.986. The van der Waals surface area contributed by atoms with E-state index < -0.39 is 0 Å². The van der Waals surface area contributed by atoms with Crippen LogP contribution in [0.4, 0.5) is 0 Å². The predicted octanol–water partition coefficient (Wildman–Crippen LogP) is 1.64. The molecule has 0 spiro atoms. The zero-order valence-electron chi connectivity index (χ0n) is 7.61. The van der Waals surface area contributed by atoms with Crippen LogP contribution < -0.4 is 4.74 Å². The summed E-state index contributed by atoms with van der Waals surface area (Å²) in [5, 5.41) is 0.